The fourth-order valence-electron chi connectivity index (χ4n) is 3.25. The lowest BCUT2D eigenvalue weighted by Gasteiger charge is -2.41. The molecule has 0 radical (unpaired) electrons. The van der Waals surface area contributed by atoms with Crippen LogP contribution in [0.3, 0.4) is 0 Å². The summed E-state index contributed by atoms with van der Waals surface area (Å²) in [6, 6.07) is 9.93. The molecule has 2 aliphatic rings. The number of nitrogens with zero attached hydrogens (tertiary/aromatic N) is 1. The number of carbonyl (C=O) groups excluding carboxylic acids is 1. The van der Waals surface area contributed by atoms with Crippen molar-refractivity contribution in [2.24, 2.45) is 0 Å². The van der Waals surface area contributed by atoms with Gasteiger partial charge in [0.1, 0.15) is 6.10 Å². The van der Waals surface area contributed by atoms with E-state index in [-0.39, 0.29) is 12.1 Å². The number of rotatable bonds is 2. The predicted octanol–water partition coefficient (Wildman–Crippen LogP) is 2.86. The summed E-state index contributed by atoms with van der Waals surface area (Å²) in [5.74, 6) is -0.171. The second kappa shape index (κ2) is 5.74. The van der Waals surface area contributed by atoms with E-state index in [1.54, 1.807) is 0 Å². The van der Waals surface area contributed by atoms with E-state index < -0.39 is 0 Å². The maximum Gasteiger partial charge on any atom is 0.338 e. The van der Waals surface area contributed by atoms with Gasteiger partial charge in [-0.2, -0.15) is 0 Å². The maximum atomic E-state index is 12.0. The average Bonchev–Trinajstić information content (AvgIpc) is 2.48. The Labute approximate surface area is 114 Å². The summed E-state index contributed by atoms with van der Waals surface area (Å²) in [7, 11) is 0. The second-order valence-corrected chi connectivity index (χ2v) is 5.60. The smallest absolute Gasteiger partial charge is 0.338 e. The van der Waals surface area contributed by atoms with E-state index in [1.807, 2.05) is 30.3 Å². The highest BCUT2D eigenvalue weighted by atomic mass is 16.5. The fourth-order valence-corrected chi connectivity index (χ4v) is 3.25. The summed E-state index contributed by atoms with van der Waals surface area (Å²) >= 11 is 0. The fraction of sp³-hybridized carbons (Fsp3) is 0.562. The van der Waals surface area contributed by atoms with E-state index in [2.05, 4.69) is 4.90 Å². The van der Waals surface area contributed by atoms with Gasteiger partial charge >= 0.3 is 5.97 Å². The average molecular weight is 259 g/mol. The molecular weight excluding hydrogens is 238 g/mol. The summed E-state index contributed by atoms with van der Waals surface area (Å²) in [4.78, 5) is 14.6. The molecule has 2 heterocycles. The van der Waals surface area contributed by atoms with Crippen LogP contribution in [0.5, 0.6) is 0 Å². The number of ether oxygens (including phenoxy) is 1. The zero-order valence-corrected chi connectivity index (χ0v) is 11.3. The molecule has 2 saturated heterocycles. The first-order valence-electron chi connectivity index (χ1n) is 7.33. The summed E-state index contributed by atoms with van der Waals surface area (Å²) < 4.78 is 5.66. The van der Waals surface area contributed by atoms with Crippen molar-refractivity contribution in [2.45, 2.75) is 44.2 Å². The SMILES string of the molecule is O=C(OC1CCN2CCCCC2C1)c1ccccc1. The molecule has 19 heavy (non-hydrogen) atoms. The quantitative estimate of drug-likeness (QED) is 0.765. The van der Waals surface area contributed by atoms with Gasteiger partial charge in [-0.1, -0.05) is 24.6 Å². The number of esters is 1. The first-order chi connectivity index (χ1) is 9.33. The third-order valence-corrected chi connectivity index (χ3v) is 4.31. The van der Waals surface area contributed by atoms with Crippen LogP contribution < -0.4 is 0 Å². The van der Waals surface area contributed by atoms with Crippen LogP contribution in [0.4, 0.5) is 0 Å². The monoisotopic (exact) mass is 259 g/mol. The largest absolute Gasteiger partial charge is 0.459 e. The Morgan fingerprint density at radius 1 is 1.11 bits per heavy atom. The van der Waals surface area contributed by atoms with Crippen LogP contribution >= 0.6 is 0 Å². The Hall–Kier alpha value is -1.35. The van der Waals surface area contributed by atoms with Crippen molar-refractivity contribution in [3.05, 3.63) is 35.9 Å². The molecule has 2 unspecified atom stereocenters. The van der Waals surface area contributed by atoms with Crippen LogP contribution in [-0.4, -0.2) is 36.1 Å². The van der Waals surface area contributed by atoms with Crippen molar-refractivity contribution in [2.75, 3.05) is 13.1 Å². The minimum absolute atomic E-state index is 0.104. The van der Waals surface area contributed by atoms with Gasteiger partial charge in [-0.25, -0.2) is 4.79 Å². The van der Waals surface area contributed by atoms with E-state index in [0.717, 1.165) is 19.4 Å². The molecule has 0 aliphatic carbocycles. The van der Waals surface area contributed by atoms with Gasteiger partial charge in [-0.05, 0) is 44.4 Å². The van der Waals surface area contributed by atoms with E-state index in [9.17, 15) is 4.79 Å². The van der Waals surface area contributed by atoms with Gasteiger partial charge in [0.05, 0.1) is 5.56 Å². The van der Waals surface area contributed by atoms with Crippen molar-refractivity contribution >= 4 is 5.97 Å². The van der Waals surface area contributed by atoms with Crippen molar-refractivity contribution in [1.29, 1.82) is 0 Å². The molecule has 0 amide bonds. The summed E-state index contributed by atoms with van der Waals surface area (Å²) in [5, 5.41) is 0. The van der Waals surface area contributed by atoms with E-state index in [4.69, 9.17) is 4.74 Å². The summed E-state index contributed by atoms with van der Waals surface area (Å²) in [6.45, 7) is 2.31. The molecule has 102 valence electrons. The van der Waals surface area contributed by atoms with Gasteiger partial charge in [-0.3, -0.25) is 0 Å². The zero-order valence-electron chi connectivity index (χ0n) is 11.3. The first kappa shape index (κ1) is 12.7. The van der Waals surface area contributed by atoms with E-state index in [1.165, 1.54) is 25.8 Å². The molecule has 3 rings (SSSR count). The Balaban J connectivity index is 1.57. The molecule has 1 aromatic carbocycles. The van der Waals surface area contributed by atoms with Crippen molar-refractivity contribution < 1.29 is 9.53 Å². The zero-order chi connectivity index (χ0) is 13.1. The summed E-state index contributed by atoms with van der Waals surface area (Å²) in [6.07, 6.45) is 6.01. The molecule has 3 heteroatoms. The molecule has 0 N–H and O–H groups in total. The molecular formula is C16H21NO2. The Morgan fingerprint density at radius 3 is 2.79 bits per heavy atom. The van der Waals surface area contributed by atoms with Gasteiger partial charge in [-0.15, -0.1) is 0 Å². The predicted molar refractivity (Wildman–Crippen MR) is 74.1 cm³/mol. The molecule has 2 aliphatic heterocycles. The highest BCUT2D eigenvalue weighted by Gasteiger charge is 2.31. The molecule has 3 nitrogen and oxygen atoms in total. The van der Waals surface area contributed by atoms with Gasteiger partial charge in [0.25, 0.3) is 0 Å². The summed E-state index contributed by atoms with van der Waals surface area (Å²) in [5.41, 5.74) is 0.661. The number of piperidine rings is 2. The lowest BCUT2D eigenvalue weighted by Crippen LogP contribution is -2.47. The highest BCUT2D eigenvalue weighted by Crippen LogP contribution is 2.28. The van der Waals surface area contributed by atoms with E-state index >= 15 is 0 Å². The number of hydrogen-bond donors (Lipinski definition) is 0. The van der Waals surface area contributed by atoms with Crippen molar-refractivity contribution in [3.63, 3.8) is 0 Å². The molecule has 2 atom stereocenters. The Kier molecular flexibility index (Phi) is 3.83. The van der Waals surface area contributed by atoms with Gasteiger partial charge in [0.15, 0.2) is 0 Å². The second-order valence-electron chi connectivity index (χ2n) is 5.60. The maximum absolute atomic E-state index is 12.0. The van der Waals surface area contributed by atoms with Gasteiger partial charge in [0.2, 0.25) is 0 Å². The third-order valence-electron chi connectivity index (χ3n) is 4.31. The number of hydrogen-bond acceptors (Lipinski definition) is 3. The van der Waals surface area contributed by atoms with Crippen LogP contribution in [0.2, 0.25) is 0 Å². The van der Waals surface area contributed by atoms with Crippen LogP contribution in [0.15, 0.2) is 30.3 Å². The number of carbonyl (C=O) groups is 1. The normalized spacial score (nSPS) is 27.6. The highest BCUT2D eigenvalue weighted by molar-refractivity contribution is 5.89. The molecule has 0 spiro atoms. The molecule has 0 bridgehead atoms. The molecule has 0 saturated carbocycles. The molecule has 2 fully saturated rings. The van der Waals surface area contributed by atoms with Crippen LogP contribution in [0.1, 0.15) is 42.5 Å². The molecule has 1 aromatic rings. The standard InChI is InChI=1S/C16H21NO2/c18-16(13-6-2-1-3-7-13)19-15-9-11-17-10-5-4-8-14(17)12-15/h1-3,6-7,14-15H,4-5,8-12H2. The van der Waals surface area contributed by atoms with Crippen LogP contribution in [-0.2, 0) is 4.74 Å². The number of fused-ring (bicyclic) bond motifs is 1. The van der Waals surface area contributed by atoms with Crippen LogP contribution in [0, 0.1) is 0 Å². The Bertz CT molecular complexity index is 432. The topological polar surface area (TPSA) is 29.5 Å². The Morgan fingerprint density at radius 2 is 1.95 bits per heavy atom. The number of benzene rings is 1. The lowest BCUT2D eigenvalue weighted by atomic mass is 9.91. The lowest BCUT2D eigenvalue weighted by molar-refractivity contribution is -0.0106. The van der Waals surface area contributed by atoms with Gasteiger partial charge < -0.3 is 9.64 Å². The third kappa shape index (κ3) is 2.98. The minimum atomic E-state index is -0.171. The first-order valence-corrected chi connectivity index (χ1v) is 7.33. The molecule has 0 aromatic heterocycles. The van der Waals surface area contributed by atoms with Crippen molar-refractivity contribution in [3.8, 4) is 0 Å². The van der Waals surface area contributed by atoms with Crippen LogP contribution in [0.25, 0.3) is 0 Å². The van der Waals surface area contributed by atoms with Gasteiger partial charge in [0, 0.05) is 12.6 Å². The van der Waals surface area contributed by atoms with Crippen molar-refractivity contribution in [1.82, 2.24) is 4.90 Å². The minimum Gasteiger partial charge on any atom is -0.459 e. The van der Waals surface area contributed by atoms with E-state index in [0.29, 0.717) is 11.6 Å².